The Hall–Kier alpha value is -1.85. The minimum Gasteiger partial charge on any atom is -0.444 e. The number of hydrogen-bond acceptors (Lipinski definition) is 4. The van der Waals surface area contributed by atoms with Crippen LogP contribution in [-0.4, -0.2) is 52.8 Å². The Kier molecular flexibility index (Phi) is 4.88. The fourth-order valence-corrected chi connectivity index (χ4v) is 4.35. The number of rotatable bonds is 1. The van der Waals surface area contributed by atoms with Crippen LogP contribution < -0.4 is 0 Å². The summed E-state index contributed by atoms with van der Waals surface area (Å²) in [5.41, 5.74) is 0.764. The summed E-state index contributed by atoms with van der Waals surface area (Å²) in [6.07, 6.45) is 3.97. The van der Waals surface area contributed by atoms with Gasteiger partial charge in [-0.25, -0.2) is 4.79 Å². The molecule has 26 heavy (non-hydrogen) atoms. The number of carbonyl (C=O) groups is 3. The maximum absolute atomic E-state index is 13.2. The van der Waals surface area contributed by atoms with Gasteiger partial charge >= 0.3 is 6.09 Å². The Morgan fingerprint density at radius 2 is 1.73 bits per heavy atom. The minimum absolute atomic E-state index is 0.146. The van der Waals surface area contributed by atoms with Gasteiger partial charge in [0.2, 0.25) is 5.91 Å². The topological polar surface area (TPSA) is 66.9 Å². The lowest BCUT2D eigenvalue weighted by atomic mass is 9.79. The number of Topliss-reactive ketones (excluding diaryl/α,β-unsaturated/α-hetero) is 1. The number of hydrogen-bond donors (Lipinski definition) is 0. The van der Waals surface area contributed by atoms with E-state index in [1.54, 1.807) is 4.90 Å². The predicted octanol–water partition coefficient (Wildman–Crippen LogP) is 3.26. The maximum Gasteiger partial charge on any atom is 0.410 e. The van der Waals surface area contributed by atoms with Crippen molar-refractivity contribution in [1.82, 2.24) is 9.80 Å². The quantitative estimate of drug-likeness (QED) is 0.718. The van der Waals surface area contributed by atoms with Crippen LogP contribution in [0.15, 0.2) is 11.3 Å². The van der Waals surface area contributed by atoms with E-state index in [9.17, 15) is 14.4 Å². The van der Waals surface area contributed by atoms with E-state index in [2.05, 4.69) is 0 Å². The van der Waals surface area contributed by atoms with Crippen LogP contribution >= 0.6 is 0 Å². The van der Waals surface area contributed by atoms with Gasteiger partial charge in [0.25, 0.3) is 0 Å². The zero-order valence-electron chi connectivity index (χ0n) is 16.4. The Morgan fingerprint density at radius 1 is 1.04 bits per heavy atom. The van der Waals surface area contributed by atoms with Crippen LogP contribution in [-0.2, 0) is 14.3 Å². The molecule has 0 aromatic rings. The molecular weight excluding hydrogens is 332 g/mol. The van der Waals surface area contributed by atoms with E-state index in [0.29, 0.717) is 38.9 Å². The molecule has 2 amide bonds. The summed E-state index contributed by atoms with van der Waals surface area (Å²) >= 11 is 0. The predicted molar refractivity (Wildman–Crippen MR) is 97.4 cm³/mol. The van der Waals surface area contributed by atoms with E-state index in [1.807, 2.05) is 32.6 Å². The molecule has 0 aromatic carbocycles. The van der Waals surface area contributed by atoms with Gasteiger partial charge in [0.1, 0.15) is 5.60 Å². The molecular formula is C20H30N2O4. The lowest BCUT2D eigenvalue weighted by Gasteiger charge is -2.28. The second-order valence-electron chi connectivity index (χ2n) is 8.80. The molecule has 3 aliphatic rings. The first-order chi connectivity index (χ1) is 12.1. The number of ether oxygens (including phenoxy) is 1. The van der Waals surface area contributed by atoms with Crippen molar-refractivity contribution in [2.24, 2.45) is 5.41 Å². The van der Waals surface area contributed by atoms with Crippen LogP contribution in [0.4, 0.5) is 4.79 Å². The van der Waals surface area contributed by atoms with Crippen molar-refractivity contribution in [3.8, 4) is 0 Å². The second-order valence-corrected chi connectivity index (χ2v) is 8.80. The van der Waals surface area contributed by atoms with Gasteiger partial charge in [-0.1, -0.05) is 0 Å². The lowest BCUT2D eigenvalue weighted by molar-refractivity contribution is -0.135. The van der Waals surface area contributed by atoms with Crippen molar-refractivity contribution < 1.29 is 19.1 Å². The molecule has 1 unspecified atom stereocenters. The molecule has 0 radical (unpaired) electrons. The van der Waals surface area contributed by atoms with Gasteiger partial charge in [-0.15, -0.1) is 0 Å². The first-order valence-electron chi connectivity index (χ1n) is 9.66. The SMILES string of the molecule is CC1=C(N2CCC3(CCCN(C(=O)OC(C)(C)C)CC3)C2=O)CCC1=O. The normalized spacial score (nSPS) is 27.5. The summed E-state index contributed by atoms with van der Waals surface area (Å²) in [5, 5.41) is 0. The van der Waals surface area contributed by atoms with Crippen LogP contribution in [0.1, 0.15) is 66.2 Å². The molecule has 0 aromatic heterocycles. The first kappa shape index (κ1) is 18.9. The molecule has 2 heterocycles. The zero-order valence-corrected chi connectivity index (χ0v) is 16.4. The number of carbonyl (C=O) groups excluding carboxylic acids is 3. The summed E-state index contributed by atoms with van der Waals surface area (Å²) in [4.78, 5) is 41.0. The van der Waals surface area contributed by atoms with E-state index in [0.717, 1.165) is 30.5 Å². The minimum atomic E-state index is -0.514. The van der Waals surface area contributed by atoms with Crippen molar-refractivity contribution in [2.45, 2.75) is 71.8 Å². The van der Waals surface area contributed by atoms with Crippen LogP contribution in [0.2, 0.25) is 0 Å². The molecule has 1 spiro atoms. The standard InChI is InChI=1S/C20H30N2O4/c1-14-15(6-7-16(14)23)22-13-10-20(17(22)24)8-5-11-21(12-9-20)18(25)26-19(2,3)4/h5-13H2,1-4H3. The maximum atomic E-state index is 13.2. The molecule has 6 nitrogen and oxygen atoms in total. The van der Waals surface area contributed by atoms with Gasteiger partial charge in [-0.3, -0.25) is 9.59 Å². The molecule has 2 saturated heterocycles. The number of nitrogens with zero attached hydrogens (tertiary/aromatic N) is 2. The van der Waals surface area contributed by atoms with Crippen LogP contribution in [0, 0.1) is 5.41 Å². The van der Waals surface area contributed by atoms with Gasteiger partial charge in [-0.05, 0) is 59.8 Å². The fourth-order valence-electron chi connectivity index (χ4n) is 4.35. The van der Waals surface area contributed by atoms with Crippen molar-refractivity contribution >= 4 is 17.8 Å². The van der Waals surface area contributed by atoms with Crippen molar-refractivity contribution in [2.75, 3.05) is 19.6 Å². The van der Waals surface area contributed by atoms with Gasteiger partial charge in [0.05, 0.1) is 5.41 Å². The highest BCUT2D eigenvalue weighted by atomic mass is 16.6. The highest BCUT2D eigenvalue weighted by Gasteiger charge is 2.49. The van der Waals surface area contributed by atoms with Crippen molar-refractivity contribution in [3.63, 3.8) is 0 Å². The summed E-state index contributed by atoms with van der Waals surface area (Å²) in [7, 11) is 0. The molecule has 1 atom stereocenters. The number of allylic oxidation sites excluding steroid dienone is 2. The molecule has 3 rings (SSSR count). The monoisotopic (exact) mass is 362 g/mol. The molecule has 2 fully saturated rings. The molecule has 0 bridgehead atoms. The second kappa shape index (κ2) is 6.71. The average Bonchev–Trinajstić information content (AvgIpc) is 2.93. The Morgan fingerprint density at radius 3 is 2.35 bits per heavy atom. The van der Waals surface area contributed by atoms with Crippen molar-refractivity contribution in [3.05, 3.63) is 11.3 Å². The van der Waals surface area contributed by atoms with Gasteiger partial charge < -0.3 is 14.5 Å². The van der Waals surface area contributed by atoms with E-state index in [1.165, 1.54) is 0 Å². The van der Waals surface area contributed by atoms with Crippen LogP contribution in [0.3, 0.4) is 0 Å². The summed E-state index contributed by atoms with van der Waals surface area (Å²) < 4.78 is 5.49. The van der Waals surface area contributed by atoms with E-state index >= 15 is 0 Å². The Balaban J connectivity index is 1.70. The van der Waals surface area contributed by atoms with Crippen LogP contribution in [0.5, 0.6) is 0 Å². The molecule has 0 N–H and O–H groups in total. The summed E-state index contributed by atoms with van der Waals surface area (Å²) in [6, 6.07) is 0. The third kappa shape index (κ3) is 3.51. The van der Waals surface area contributed by atoms with E-state index in [-0.39, 0.29) is 17.8 Å². The Bertz CT molecular complexity index is 661. The number of amides is 2. The lowest BCUT2D eigenvalue weighted by Crippen LogP contribution is -2.38. The average molecular weight is 362 g/mol. The van der Waals surface area contributed by atoms with Gasteiger partial charge in [0.15, 0.2) is 5.78 Å². The van der Waals surface area contributed by atoms with Gasteiger partial charge in [-0.2, -0.15) is 0 Å². The van der Waals surface area contributed by atoms with Gasteiger partial charge in [0, 0.05) is 37.3 Å². The number of likely N-dealkylation sites (tertiary alicyclic amines) is 2. The number of ketones is 1. The molecule has 144 valence electrons. The molecule has 2 aliphatic heterocycles. The third-order valence-electron chi connectivity index (χ3n) is 5.87. The van der Waals surface area contributed by atoms with Crippen LogP contribution in [0.25, 0.3) is 0 Å². The largest absolute Gasteiger partial charge is 0.444 e. The molecule has 0 saturated carbocycles. The fraction of sp³-hybridized carbons (Fsp3) is 0.750. The zero-order chi connectivity index (χ0) is 19.1. The third-order valence-corrected chi connectivity index (χ3v) is 5.87. The smallest absolute Gasteiger partial charge is 0.410 e. The summed E-state index contributed by atoms with van der Waals surface area (Å²) in [6.45, 7) is 9.28. The van der Waals surface area contributed by atoms with E-state index in [4.69, 9.17) is 4.74 Å². The highest BCUT2D eigenvalue weighted by molar-refractivity contribution is 5.99. The van der Waals surface area contributed by atoms with Crippen molar-refractivity contribution in [1.29, 1.82) is 0 Å². The first-order valence-corrected chi connectivity index (χ1v) is 9.66. The summed E-state index contributed by atoms with van der Waals surface area (Å²) in [5.74, 6) is 0.304. The molecule has 6 heteroatoms. The molecule has 1 aliphatic carbocycles. The highest BCUT2D eigenvalue weighted by Crippen LogP contribution is 2.44. The Labute approximate surface area is 155 Å². The van der Waals surface area contributed by atoms with E-state index < -0.39 is 11.0 Å².